The molecule has 0 aromatic rings. The van der Waals surface area contributed by atoms with Gasteiger partial charge in [0.25, 0.3) is 7.82 Å². The van der Waals surface area contributed by atoms with Crippen molar-refractivity contribution in [3.05, 3.63) is 0 Å². The molecule has 0 radical (unpaired) electrons. The van der Waals surface area contributed by atoms with E-state index in [0.29, 0.717) is 0 Å². The normalized spacial score (nSPS) is 8.60. The minimum atomic E-state index is -4.89. The van der Waals surface area contributed by atoms with Gasteiger partial charge >= 0.3 is 37.0 Å². The topological polar surface area (TPSA) is 101 Å². The second-order valence-corrected chi connectivity index (χ2v) is 1.75. The van der Waals surface area contributed by atoms with Crippen LogP contribution in [0.15, 0.2) is 0 Å². The summed E-state index contributed by atoms with van der Waals surface area (Å²) in [5.74, 6) is 0. The first-order valence-electron chi connectivity index (χ1n) is 1.46. The maximum absolute atomic E-state index is 9.89. The van der Waals surface area contributed by atoms with Crippen molar-refractivity contribution in [3.8, 4) is 0 Å². The molecule has 0 amide bonds. The molecule has 0 heterocycles. The summed E-state index contributed by atoms with van der Waals surface area (Å²) in [4.78, 5) is 22.9. The summed E-state index contributed by atoms with van der Waals surface area (Å²) in [7, 11) is -8.06. The Hall–Kier alpha value is 0.995. The van der Waals surface area contributed by atoms with Crippen molar-refractivity contribution < 1.29 is 62.5 Å². The first-order valence-corrected chi connectivity index (χ1v) is 2.99. The number of rotatable bonds is 0. The van der Waals surface area contributed by atoms with Crippen molar-refractivity contribution in [2.75, 3.05) is 0 Å². The monoisotopic (exact) mass is 186 g/mol. The SMILES string of the molecule is O=P([O-])(O)O.OB(F)F.[Na+]. The van der Waals surface area contributed by atoms with Gasteiger partial charge in [0.05, 0.1) is 0 Å². The summed E-state index contributed by atoms with van der Waals surface area (Å²) in [6, 6.07) is 0. The molecule has 0 rings (SSSR count). The molecule has 5 nitrogen and oxygen atoms in total. The Balaban J connectivity index is -0.0000000910. The van der Waals surface area contributed by atoms with Gasteiger partial charge in [-0.1, -0.05) is 0 Å². The minimum absolute atomic E-state index is 0. The maximum atomic E-state index is 9.89. The molecule has 0 aliphatic rings. The van der Waals surface area contributed by atoms with Crippen LogP contribution in [-0.2, 0) is 4.57 Å². The Morgan fingerprint density at radius 2 is 1.40 bits per heavy atom. The molecule has 0 saturated carbocycles. The third-order valence-electron chi connectivity index (χ3n) is 0. The van der Waals surface area contributed by atoms with Crippen LogP contribution in [0, 0.1) is 0 Å². The van der Waals surface area contributed by atoms with Gasteiger partial charge in [-0.15, -0.1) is 0 Å². The van der Waals surface area contributed by atoms with Gasteiger partial charge in [-0.2, -0.15) is 0 Å². The summed E-state index contributed by atoms with van der Waals surface area (Å²) in [5, 5.41) is 6.72. The molecule has 0 fully saturated rings. The first kappa shape index (κ1) is 17.2. The average Bonchev–Trinajstić information content (AvgIpc) is 1.19. The van der Waals surface area contributed by atoms with E-state index < -0.39 is 15.3 Å². The smallest absolute Gasteiger partial charge is 0.756 e. The van der Waals surface area contributed by atoms with Gasteiger partial charge in [0.2, 0.25) is 0 Å². The second kappa shape index (κ2) is 8.09. The van der Waals surface area contributed by atoms with Crippen LogP contribution in [0.4, 0.5) is 8.63 Å². The summed E-state index contributed by atoms with van der Waals surface area (Å²) in [6.07, 6.45) is 0. The van der Waals surface area contributed by atoms with Crippen molar-refractivity contribution in [2.45, 2.75) is 0 Å². The summed E-state index contributed by atoms with van der Waals surface area (Å²) < 4.78 is 28.5. The Morgan fingerprint density at radius 1 is 1.40 bits per heavy atom. The molecule has 56 valence electrons. The number of phosphoric acid groups is 1. The van der Waals surface area contributed by atoms with Crippen molar-refractivity contribution in [2.24, 2.45) is 0 Å². The molecule has 3 N–H and O–H groups in total. The zero-order chi connectivity index (χ0) is 8.08. The van der Waals surface area contributed by atoms with Crippen molar-refractivity contribution in [3.63, 3.8) is 0 Å². The van der Waals surface area contributed by atoms with Crippen LogP contribution >= 0.6 is 7.82 Å². The average molecular weight is 186 g/mol. The van der Waals surface area contributed by atoms with Crippen molar-refractivity contribution in [1.82, 2.24) is 0 Å². The van der Waals surface area contributed by atoms with E-state index in [1.807, 2.05) is 0 Å². The van der Waals surface area contributed by atoms with Crippen LogP contribution in [0.1, 0.15) is 0 Å². The molecular weight excluding hydrogens is 183 g/mol. The van der Waals surface area contributed by atoms with E-state index in [2.05, 4.69) is 0 Å². The standard InChI is InChI=1S/BF2HO.Na.H3O4P/c2-1(3)4;;1-5(2,3)4/h4H;;(H3,1,2,3,4)/q;+1;/p-1. The van der Waals surface area contributed by atoms with Crippen LogP contribution in [-0.4, -0.2) is 22.3 Å². The summed E-state index contributed by atoms with van der Waals surface area (Å²) in [5.41, 5.74) is 0. The molecule has 0 aromatic carbocycles. The Kier molecular flexibility index (Phi) is 13.9. The second-order valence-electron chi connectivity index (χ2n) is 0.768. The molecule has 0 spiro atoms. The summed E-state index contributed by atoms with van der Waals surface area (Å²) in [6.45, 7) is 0. The van der Waals surface area contributed by atoms with E-state index in [1.54, 1.807) is 0 Å². The van der Waals surface area contributed by atoms with Gasteiger partial charge in [-0.25, -0.2) is 0 Å². The quantitative estimate of drug-likeness (QED) is 0.260. The van der Waals surface area contributed by atoms with Gasteiger partial charge in [0.1, 0.15) is 0 Å². The predicted molar refractivity (Wildman–Crippen MR) is 22.2 cm³/mol. The molecule has 0 bridgehead atoms. The zero-order valence-electron chi connectivity index (χ0n) is 4.94. The Morgan fingerprint density at radius 3 is 1.40 bits per heavy atom. The molecule has 10 heavy (non-hydrogen) atoms. The number of hydrogen-bond donors (Lipinski definition) is 3. The van der Waals surface area contributed by atoms with Gasteiger partial charge in [0.15, 0.2) is 0 Å². The van der Waals surface area contributed by atoms with E-state index in [1.165, 1.54) is 0 Å². The predicted octanol–water partition coefficient (Wildman–Crippen LogP) is -4.65. The molecule has 10 heteroatoms. The Labute approximate surface area is 77.8 Å². The maximum Gasteiger partial charge on any atom is 1.00 e. The summed E-state index contributed by atoms with van der Waals surface area (Å²) >= 11 is 0. The molecule has 0 aliphatic carbocycles. The largest absolute Gasteiger partial charge is 1.00 e. The minimum Gasteiger partial charge on any atom is -0.756 e. The molecular formula is H3BF2NaO5P. The fourth-order valence-electron chi connectivity index (χ4n) is 0. The van der Waals surface area contributed by atoms with Crippen molar-refractivity contribution >= 4 is 15.3 Å². The first-order chi connectivity index (χ1) is 3.73. The van der Waals surface area contributed by atoms with Crippen molar-refractivity contribution in [1.29, 1.82) is 0 Å². The van der Waals surface area contributed by atoms with E-state index in [0.717, 1.165) is 0 Å². The van der Waals surface area contributed by atoms with E-state index in [9.17, 15) is 8.63 Å². The fraction of sp³-hybridized carbons (Fsp3) is 0. The van der Waals surface area contributed by atoms with Crippen LogP contribution in [0.2, 0.25) is 0 Å². The molecule has 0 saturated heterocycles. The van der Waals surface area contributed by atoms with Crippen LogP contribution in [0.5, 0.6) is 0 Å². The number of halogens is 2. The van der Waals surface area contributed by atoms with Crippen LogP contribution in [0.3, 0.4) is 0 Å². The Bertz CT molecular complexity index is 90.8. The van der Waals surface area contributed by atoms with Crippen LogP contribution in [0.25, 0.3) is 0 Å². The van der Waals surface area contributed by atoms with E-state index in [-0.39, 0.29) is 29.6 Å². The van der Waals surface area contributed by atoms with Crippen LogP contribution < -0.4 is 34.5 Å². The fourth-order valence-corrected chi connectivity index (χ4v) is 0. The molecule has 0 atom stereocenters. The van der Waals surface area contributed by atoms with E-state index >= 15 is 0 Å². The van der Waals surface area contributed by atoms with E-state index in [4.69, 9.17) is 24.3 Å². The van der Waals surface area contributed by atoms with Gasteiger partial charge < -0.3 is 19.7 Å². The third-order valence-corrected chi connectivity index (χ3v) is 0. The molecule has 0 aliphatic heterocycles. The molecule has 0 aromatic heterocycles. The van der Waals surface area contributed by atoms with Gasteiger partial charge in [-0.05, 0) is 0 Å². The third kappa shape index (κ3) is 581. The van der Waals surface area contributed by atoms with Gasteiger partial charge in [-0.3, -0.25) is 13.2 Å². The zero-order valence-corrected chi connectivity index (χ0v) is 7.83. The van der Waals surface area contributed by atoms with Gasteiger partial charge in [0, 0.05) is 0 Å². The molecule has 0 unspecified atom stereocenters. The number of hydrogen-bond acceptors (Lipinski definition) is 3.